The number of thioether (sulfide) groups is 1. The monoisotopic (exact) mass is 497 g/mol. The molecule has 2 rings (SSSR count). The van der Waals surface area contributed by atoms with E-state index in [2.05, 4.69) is 38.2 Å². The van der Waals surface area contributed by atoms with E-state index >= 15 is 0 Å². The summed E-state index contributed by atoms with van der Waals surface area (Å²) in [4.78, 5) is 10.5. The molecule has 1 N–H and O–H groups in total. The van der Waals surface area contributed by atoms with Gasteiger partial charge in [0.1, 0.15) is 5.75 Å². The maximum absolute atomic E-state index is 10.5. The summed E-state index contributed by atoms with van der Waals surface area (Å²) >= 11 is 1.60. The Labute approximate surface area is 151 Å². The Morgan fingerprint density at radius 2 is 2.05 bits per heavy atom. The standard InChI is InChI=1S/C15H18NO2S.C2H5.Os/c1-3-11(2)18-14-6-4-13(5-7-14)15-16-8-12(9-17)10-19-15;1-2;/h4-7,10-11,15-16H,3,8H2,1-2H3;1H2,2H3;/q2*-1;+2. The quantitative estimate of drug-likeness (QED) is 0.626. The van der Waals surface area contributed by atoms with Crippen molar-refractivity contribution >= 4 is 18.0 Å². The second-order valence-corrected chi connectivity index (χ2v) is 5.53. The summed E-state index contributed by atoms with van der Waals surface area (Å²) in [5.41, 5.74) is 1.86. The van der Waals surface area contributed by atoms with Gasteiger partial charge in [0.15, 0.2) is 0 Å². The van der Waals surface area contributed by atoms with Crippen LogP contribution in [0.25, 0.3) is 0 Å². The van der Waals surface area contributed by atoms with Crippen LogP contribution in [-0.4, -0.2) is 18.9 Å². The molecule has 0 amide bonds. The smallest absolute Gasteiger partial charge is 0.491 e. The van der Waals surface area contributed by atoms with Crippen LogP contribution >= 0.6 is 11.8 Å². The van der Waals surface area contributed by atoms with E-state index in [-0.39, 0.29) is 31.3 Å². The van der Waals surface area contributed by atoms with Crippen molar-refractivity contribution in [3.8, 4) is 5.75 Å². The van der Waals surface area contributed by atoms with E-state index in [1.54, 1.807) is 18.7 Å². The first-order chi connectivity index (χ1) is 10.2. The zero-order valence-electron chi connectivity index (χ0n) is 13.2. The molecule has 1 heterocycles. The predicted octanol–water partition coefficient (Wildman–Crippen LogP) is 4.03. The van der Waals surface area contributed by atoms with Gasteiger partial charge < -0.3 is 21.8 Å². The molecule has 2 atom stereocenters. The van der Waals surface area contributed by atoms with E-state index in [1.165, 1.54) is 5.56 Å². The average Bonchev–Trinajstić information content (AvgIpc) is 2.57. The van der Waals surface area contributed by atoms with Crippen LogP contribution in [0.1, 0.15) is 38.1 Å². The normalized spacial score (nSPS) is 18.0. The number of hydrogen-bond acceptors (Lipinski definition) is 4. The van der Waals surface area contributed by atoms with Gasteiger partial charge in [0.05, 0.1) is 11.5 Å². The number of nitrogens with one attached hydrogen (secondary N) is 1. The molecule has 3 nitrogen and oxygen atoms in total. The fraction of sp³-hybridized carbons (Fsp3) is 0.412. The first-order valence-electron chi connectivity index (χ1n) is 7.16. The molecular weight excluding hydrogens is 472 g/mol. The summed E-state index contributed by atoms with van der Waals surface area (Å²) in [5.74, 6) is 0.899. The molecule has 122 valence electrons. The molecule has 0 saturated carbocycles. The molecule has 1 aromatic rings. The van der Waals surface area contributed by atoms with Crippen LogP contribution in [0.2, 0.25) is 0 Å². The Morgan fingerprint density at radius 3 is 2.50 bits per heavy atom. The average molecular weight is 496 g/mol. The molecule has 0 aromatic heterocycles. The number of carbonyl (C=O) groups excluding carboxylic acids is 1. The van der Waals surface area contributed by atoms with Crippen LogP contribution < -0.4 is 10.1 Å². The molecule has 0 spiro atoms. The fourth-order valence-electron chi connectivity index (χ4n) is 1.74. The predicted molar refractivity (Wildman–Crippen MR) is 90.0 cm³/mol. The minimum absolute atomic E-state index is 0. The van der Waals surface area contributed by atoms with Crippen molar-refractivity contribution in [3.63, 3.8) is 0 Å². The largest absolute Gasteiger partial charge is 2.00 e. The molecule has 22 heavy (non-hydrogen) atoms. The number of hydrogen-bond donors (Lipinski definition) is 1. The van der Waals surface area contributed by atoms with E-state index in [1.807, 2.05) is 23.8 Å². The van der Waals surface area contributed by atoms with E-state index in [0.717, 1.165) is 12.2 Å². The van der Waals surface area contributed by atoms with Gasteiger partial charge in [0.25, 0.3) is 0 Å². The van der Waals surface area contributed by atoms with E-state index in [4.69, 9.17) is 4.74 Å². The van der Waals surface area contributed by atoms with Gasteiger partial charge in [-0.2, -0.15) is 17.9 Å². The van der Waals surface area contributed by atoms with Crippen molar-refractivity contribution in [1.29, 1.82) is 0 Å². The van der Waals surface area contributed by atoms with Crippen LogP contribution in [0.4, 0.5) is 0 Å². The second kappa shape index (κ2) is 11.9. The zero-order chi connectivity index (χ0) is 15.7. The summed E-state index contributed by atoms with van der Waals surface area (Å²) in [6, 6.07) is 8.11. The molecule has 1 aliphatic heterocycles. The van der Waals surface area contributed by atoms with Gasteiger partial charge in [0, 0.05) is 0 Å². The third kappa shape index (κ3) is 6.65. The summed E-state index contributed by atoms with van der Waals surface area (Å²) in [6.45, 7) is 9.75. The molecular formula is C17H23NO2OsS. The molecule has 0 aliphatic carbocycles. The van der Waals surface area contributed by atoms with Gasteiger partial charge in [-0.25, -0.2) is 11.8 Å². The van der Waals surface area contributed by atoms with Gasteiger partial charge in [-0.05, 0) is 43.9 Å². The Bertz CT molecular complexity index is 462. The van der Waals surface area contributed by atoms with Crippen LogP contribution in [0.3, 0.4) is 0 Å². The van der Waals surface area contributed by atoms with Gasteiger partial charge in [-0.1, -0.05) is 19.1 Å². The van der Waals surface area contributed by atoms with Crippen LogP contribution in [0.5, 0.6) is 5.75 Å². The second-order valence-electron chi connectivity index (χ2n) is 4.55. The van der Waals surface area contributed by atoms with E-state index in [9.17, 15) is 4.79 Å². The minimum Gasteiger partial charge on any atom is -0.491 e. The Morgan fingerprint density at radius 1 is 1.41 bits per heavy atom. The summed E-state index contributed by atoms with van der Waals surface area (Å²) in [5, 5.41) is 5.36. The van der Waals surface area contributed by atoms with Gasteiger partial charge in [-0.15, -0.1) is 0 Å². The first kappa shape index (κ1) is 21.4. The van der Waals surface area contributed by atoms with Crippen LogP contribution in [0.15, 0.2) is 35.2 Å². The fourth-order valence-corrected chi connectivity index (χ4v) is 2.66. The van der Waals surface area contributed by atoms with Crippen molar-refractivity contribution in [2.24, 2.45) is 0 Å². The molecule has 1 aromatic carbocycles. The molecule has 0 saturated heterocycles. The van der Waals surface area contributed by atoms with Crippen LogP contribution in [0, 0.1) is 6.92 Å². The summed E-state index contributed by atoms with van der Waals surface area (Å²) in [7, 11) is 0. The number of rotatable bonds is 5. The Balaban J connectivity index is 0.00000141. The van der Waals surface area contributed by atoms with Crippen molar-refractivity contribution < 1.29 is 29.3 Å². The molecule has 0 radical (unpaired) electrons. The molecule has 0 fully saturated rings. The Kier molecular flexibility index (Phi) is 11.5. The summed E-state index contributed by atoms with van der Waals surface area (Å²) < 4.78 is 5.75. The Hall–Kier alpha value is -0.624. The van der Waals surface area contributed by atoms with Crippen molar-refractivity contribution in [2.45, 2.75) is 38.7 Å². The van der Waals surface area contributed by atoms with Crippen LogP contribution in [-0.2, 0) is 24.6 Å². The minimum atomic E-state index is 0. The third-order valence-corrected chi connectivity index (χ3v) is 4.18. The van der Waals surface area contributed by atoms with Gasteiger partial charge >= 0.3 is 19.8 Å². The number of ether oxygens (including phenoxy) is 1. The van der Waals surface area contributed by atoms with Crippen molar-refractivity contribution in [2.75, 3.05) is 6.54 Å². The number of benzene rings is 1. The maximum Gasteiger partial charge on any atom is 2.00 e. The first-order valence-corrected chi connectivity index (χ1v) is 8.10. The van der Waals surface area contributed by atoms with E-state index in [0.29, 0.717) is 12.1 Å². The van der Waals surface area contributed by atoms with E-state index < -0.39 is 0 Å². The van der Waals surface area contributed by atoms with Crippen molar-refractivity contribution in [1.82, 2.24) is 5.32 Å². The summed E-state index contributed by atoms with van der Waals surface area (Å²) in [6.07, 6.45) is 3.16. The maximum atomic E-state index is 10.5. The third-order valence-electron chi connectivity index (χ3n) is 3.05. The molecule has 1 aliphatic rings. The van der Waals surface area contributed by atoms with Crippen molar-refractivity contribution in [3.05, 3.63) is 47.7 Å². The SMILES string of the molecule is CCC(C)Oc1ccc(C2NCC([C-]=O)=CS2)cc1.[CH2-]C.[Os+2]. The molecule has 0 bridgehead atoms. The molecule has 2 unspecified atom stereocenters. The topological polar surface area (TPSA) is 38.3 Å². The molecule has 5 heteroatoms. The zero-order valence-corrected chi connectivity index (χ0v) is 16.6. The van der Waals surface area contributed by atoms with Gasteiger partial charge in [-0.3, -0.25) is 0 Å². The van der Waals surface area contributed by atoms with Gasteiger partial charge in [0.2, 0.25) is 0 Å².